The molecule has 0 atom stereocenters. The minimum absolute atomic E-state index is 0.0830. The van der Waals surface area contributed by atoms with Crippen molar-refractivity contribution in [3.05, 3.63) is 29.8 Å². The summed E-state index contributed by atoms with van der Waals surface area (Å²) >= 11 is 0. The second kappa shape index (κ2) is 3.72. The molecule has 12 heavy (non-hydrogen) atoms. The normalized spacial score (nSPS) is 9.08. The van der Waals surface area contributed by atoms with Gasteiger partial charge >= 0.3 is 0 Å². The average Bonchev–Trinajstić information content (AvgIpc) is 2.08. The van der Waals surface area contributed by atoms with E-state index in [-0.39, 0.29) is 12.4 Å². The molecule has 0 aromatic heterocycles. The third-order valence-corrected chi connectivity index (χ3v) is 1.16. The van der Waals surface area contributed by atoms with Gasteiger partial charge in [0.1, 0.15) is 6.61 Å². The van der Waals surface area contributed by atoms with E-state index in [0.717, 1.165) is 0 Å². The van der Waals surface area contributed by atoms with E-state index < -0.39 is 11.6 Å². The van der Waals surface area contributed by atoms with Gasteiger partial charge in [-0.3, -0.25) is 0 Å². The van der Waals surface area contributed by atoms with E-state index >= 15 is 0 Å². The molecule has 0 amide bonds. The zero-order chi connectivity index (χ0) is 8.97. The van der Waals surface area contributed by atoms with Gasteiger partial charge in [0.2, 0.25) is 5.82 Å². The highest BCUT2D eigenvalue weighted by atomic mass is 19.2. The lowest BCUT2D eigenvalue weighted by molar-refractivity contribution is 0.338. The number of hydrogen-bond donors (Lipinski definition) is 0. The maximum atomic E-state index is 12.7. The van der Waals surface area contributed by atoms with Crippen molar-refractivity contribution >= 4 is 0 Å². The second-order valence-corrected chi connectivity index (χ2v) is 1.96. The fourth-order valence-corrected chi connectivity index (χ4v) is 0.666. The van der Waals surface area contributed by atoms with Gasteiger partial charge in [-0.1, -0.05) is 5.92 Å². The van der Waals surface area contributed by atoms with E-state index in [0.29, 0.717) is 0 Å². The third-order valence-electron chi connectivity index (χ3n) is 1.16. The van der Waals surface area contributed by atoms with Crippen LogP contribution >= 0.6 is 0 Å². The number of halogens is 2. The lowest BCUT2D eigenvalue weighted by Crippen LogP contribution is -1.97. The lowest BCUT2D eigenvalue weighted by Gasteiger charge is -2.02. The maximum Gasteiger partial charge on any atom is 0.201 e. The second-order valence-electron chi connectivity index (χ2n) is 1.96. The quantitative estimate of drug-likeness (QED) is 0.610. The largest absolute Gasteiger partial charge is 0.478 e. The number of ether oxygens (including phenoxy) is 1. The van der Waals surface area contributed by atoms with Crippen LogP contribution in [-0.4, -0.2) is 6.61 Å². The summed E-state index contributed by atoms with van der Waals surface area (Å²) in [5.41, 5.74) is 0. The van der Waals surface area contributed by atoms with Crippen molar-refractivity contribution in [2.75, 3.05) is 6.61 Å². The first-order valence-electron chi connectivity index (χ1n) is 3.17. The third kappa shape index (κ3) is 1.73. The molecule has 0 fully saturated rings. The van der Waals surface area contributed by atoms with Crippen molar-refractivity contribution < 1.29 is 13.5 Å². The van der Waals surface area contributed by atoms with Gasteiger partial charge in [0.15, 0.2) is 11.6 Å². The highest BCUT2D eigenvalue weighted by Crippen LogP contribution is 2.18. The number of benzene rings is 1. The summed E-state index contributed by atoms with van der Waals surface area (Å²) in [5.74, 6) is -0.177. The predicted molar refractivity (Wildman–Crippen MR) is 39.5 cm³/mol. The first-order valence-corrected chi connectivity index (χ1v) is 3.17. The highest BCUT2D eigenvalue weighted by Gasteiger charge is 2.07. The van der Waals surface area contributed by atoms with Crippen LogP contribution in [0.25, 0.3) is 0 Å². The van der Waals surface area contributed by atoms with Gasteiger partial charge in [0, 0.05) is 6.07 Å². The van der Waals surface area contributed by atoms with Gasteiger partial charge < -0.3 is 4.74 Å². The summed E-state index contributed by atoms with van der Waals surface area (Å²) in [6.45, 7) is -0.0830. The van der Waals surface area contributed by atoms with Gasteiger partial charge in [-0.2, -0.15) is 4.39 Å². The maximum absolute atomic E-state index is 12.7. The molecule has 0 saturated carbocycles. The minimum atomic E-state index is -1.07. The molecular formula is C9H5F2O. The van der Waals surface area contributed by atoms with Crippen molar-refractivity contribution in [2.45, 2.75) is 0 Å². The van der Waals surface area contributed by atoms with Crippen molar-refractivity contribution in [3.8, 4) is 18.1 Å². The van der Waals surface area contributed by atoms with E-state index in [4.69, 9.17) is 11.2 Å². The molecule has 0 heterocycles. The molecule has 0 bridgehead atoms. The molecule has 1 nitrogen and oxygen atoms in total. The number of terminal acetylenes is 1. The SMILES string of the molecule is C#CCOc1cc[c]c(F)c1F. The molecule has 1 rings (SSSR count). The first kappa shape index (κ1) is 8.54. The number of hydrogen-bond acceptors (Lipinski definition) is 1. The number of rotatable bonds is 2. The molecule has 0 N–H and O–H groups in total. The van der Waals surface area contributed by atoms with E-state index in [1.807, 2.05) is 6.07 Å². The Kier molecular flexibility index (Phi) is 2.65. The Labute approximate surface area is 69.0 Å². The Hall–Kier alpha value is -1.56. The van der Waals surface area contributed by atoms with Crippen molar-refractivity contribution in [1.29, 1.82) is 0 Å². The van der Waals surface area contributed by atoms with Crippen LogP contribution in [0.15, 0.2) is 12.1 Å². The van der Waals surface area contributed by atoms with Crippen LogP contribution < -0.4 is 4.74 Å². The molecule has 0 spiro atoms. The minimum Gasteiger partial charge on any atom is -0.478 e. The zero-order valence-electron chi connectivity index (χ0n) is 6.10. The summed E-state index contributed by atoms with van der Waals surface area (Å²) in [4.78, 5) is 0. The summed E-state index contributed by atoms with van der Waals surface area (Å²) in [6.07, 6.45) is 4.87. The Morgan fingerprint density at radius 1 is 1.58 bits per heavy atom. The van der Waals surface area contributed by atoms with Gasteiger partial charge in [0.25, 0.3) is 0 Å². The zero-order valence-corrected chi connectivity index (χ0v) is 6.10. The smallest absolute Gasteiger partial charge is 0.201 e. The van der Waals surface area contributed by atoms with Crippen LogP contribution in [0.1, 0.15) is 0 Å². The molecule has 1 radical (unpaired) electrons. The van der Waals surface area contributed by atoms with Crippen molar-refractivity contribution in [3.63, 3.8) is 0 Å². The molecule has 0 unspecified atom stereocenters. The molecule has 61 valence electrons. The Morgan fingerprint density at radius 2 is 2.33 bits per heavy atom. The molecule has 3 heteroatoms. The summed E-state index contributed by atoms with van der Waals surface area (Å²) in [7, 11) is 0. The molecule has 0 aliphatic rings. The summed E-state index contributed by atoms with van der Waals surface area (Å²) in [6, 6.07) is 4.53. The highest BCUT2D eigenvalue weighted by molar-refractivity contribution is 5.24. The van der Waals surface area contributed by atoms with Gasteiger partial charge in [-0.25, -0.2) is 4.39 Å². The molecular weight excluding hydrogens is 162 g/mol. The van der Waals surface area contributed by atoms with Crippen LogP contribution in [0.3, 0.4) is 0 Å². The van der Waals surface area contributed by atoms with Crippen LogP contribution in [0.2, 0.25) is 0 Å². The molecule has 1 aromatic rings. The van der Waals surface area contributed by atoms with Gasteiger partial charge in [-0.05, 0) is 12.1 Å². The topological polar surface area (TPSA) is 9.23 Å². The van der Waals surface area contributed by atoms with Gasteiger partial charge in [0.05, 0.1) is 0 Å². The van der Waals surface area contributed by atoms with E-state index in [1.54, 1.807) is 0 Å². The van der Waals surface area contributed by atoms with E-state index in [9.17, 15) is 8.78 Å². The first-order chi connectivity index (χ1) is 5.75. The summed E-state index contributed by atoms with van der Waals surface area (Å²) in [5, 5.41) is 0. The van der Waals surface area contributed by atoms with E-state index in [1.165, 1.54) is 12.1 Å². The Morgan fingerprint density at radius 3 is 3.00 bits per heavy atom. The standard InChI is InChI=1S/C9H5F2O/c1-2-6-12-8-5-3-4-7(10)9(8)11/h1,3,5H,6H2. The van der Waals surface area contributed by atoms with Crippen LogP contribution in [-0.2, 0) is 0 Å². The van der Waals surface area contributed by atoms with Crippen molar-refractivity contribution in [1.82, 2.24) is 0 Å². The lowest BCUT2D eigenvalue weighted by atomic mass is 10.3. The Balaban J connectivity index is 2.86. The van der Waals surface area contributed by atoms with E-state index in [2.05, 4.69) is 5.92 Å². The monoisotopic (exact) mass is 167 g/mol. The fourth-order valence-electron chi connectivity index (χ4n) is 0.666. The Bertz CT molecular complexity index is 315. The fraction of sp³-hybridized carbons (Fsp3) is 0.111. The van der Waals surface area contributed by atoms with Gasteiger partial charge in [-0.15, -0.1) is 6.42 Å². The van der Waals surface area contributed by atoms with Crippen LogP contribution in [0, 0.1) is 30.0 Å². The molecule has 0 saturated heterocycles. The predicted octanol–water partition coefficient (Wildman–Crippen LogP) is 1.78. The van der Waals surface area contributed by atoms with Crippen LogP contribution in [0.5, 0.6) is 5.75 Å². The summed E-state index contributed by atoms with van der Waals surface area (Å²) < 4.78 is 29.9. The average molecular weight is 167 g/mol. The molecule has 0 aliphatic carbocycles. The molecule has 1 aromatic carbocycles. The van der Waals surface area contributed by atoms with Crippen LogP contribution in [0.4, 0.5) is 8.78 Å². The van der Waals surface area contributed by atoms with Crippen molar-refractivity contribution in [2.24, 2.45) is 0 Å². The molecule has 0 aliphatic heterocycles.